The van der Waals surface area contributed by atoms with Crippen LogP contribution >= 0.6 is 0 Å². The average molecular weight is 341 g/mol. The van der Waals surface area contributed by atoms with Crippen LogP contribution in [0.15, 0.2) is 30.3 Å². The number of anilines is 3. The van der Waals surface area contributed by atoms with Gasteiger partial charge in [-0.2, -0.15) is 4.98 Å². The quantitative estimate of drug-likeness (QED) is 0.925. The number of nitrogens with one attached hydrogen (secondary N) is 1. The molecule has 1 aromatic carbocycles. The smallest absolute Gasteiger partial charge is 0.274 e. The van der Waals surface area contributed by atoms with Gasteiger partial charge in [0.2, 0.25) is 5.95 Å². The molecule has 1 aromatic heterocycles. The van der Waals surface area contributed by atoms with Crippen molar-refractivity contribution in [3.63, 3.8) is 0 Å². The van der Waals surface area contributed by atoms with Crippen LogP contribution in [-0.4, -0.2) is 44.1 Å². The monoisotopic (exact) mass is 341 g/mol. The van der Waals surface area contributed by atoms with Crippen LogP contribution in [0.25, 0.3) is 0 Å². The molecule has 0 spiro atoms. The molecule has 2 rings (SSSR count). The summed E-state index contributed by atoms with van der Waals surface area (Å²) in [5, 5.41) is 2.90. The van der Waals surface area contributed by atoms with Crippen molar-refractivity contribution in [3.05, 3.63) is 41.6 Å². The summed E-state index contributed by atoms with van der Waals surface area (Å²) in [6, 6.07) is 9.59. The first kappa shape index (κ1) is 18.7. The van der Waals surface area contributed by atoms with Crippen LogP contribution in [0, 0.1) is 0 Å². The van der Waals surface area contributed by atoms with E-state index in [1.54, 1.807) is 11.0 Å². The van der Waals surface area contributed by atoms with Crippen molar-refractivity contribution in [2.75, 3.05) is 43.3 Å². The van der Waals surface area contributed by atoms with E-state index in [-0.39, 0.29) is 11.3 Å². The molecule has 0 saturated carbocycles. The molecular formula is C19H27N5O. The standard InChI is InChI=1S/C19H27N5O/c1-19(2,3)13-8-10-14(11-9-13)20-17(25)15-12-16(23(4)5)22-18(21-15)24(6)7/h8-12H,1-7H3,(H,20,25). The highest BCUT2D eigenvalue weighted by molar-refractivity contribution is 6.03. The third-order valence-electron chi connectivity index (χ3n) is 3.80. The van der Waals surface area contributed by atoms with Crippen LogP contribution in [-0.2, 0) is 5.41 Å². The molecule has 0 saturated heterocycles. The van der Waals surface area contributed by atoms with Gasteiger partial charge in [0.15, 0.2) is 0 Å². The van der Waals surface area contributed by atoms with E-state index in [0.29, 0.717) is 17.5 Å². The number of hydrogen-bond acceptors (Lipinski definition) is 5. The van der Waals surface area contributed by atoms with Crippen molar-refractivity contribution in [2.24, 2.45) is 0 Å². The molecule has 0 aliphatic carbocycles. The Kier molecular flexibility index (Phi) is 5.30. The number of rotatable bonds is 4. The summed E-state index contributed by atoms with van der Waals surface area (Å²) in [6.45, 7) is 6.48. The number of hydrogen-bond donors (Lipinski definition) is 1. The van der Waals surface area contributed by atoms with Crippen molar-refractivity contribution in [1.82, 2.24) is 9.97 Å². The van der Waals surface area contributed by atoms with Gasteiger partial charge in [0.05, 0.1) is 0 Å². The summed E-state index contributed by atoms with van der Waals surface area (Å²) in [5.41, 5.74) is 2.38. The Morgan fingerprint density at radius 3 is 2.04 bits per heavy atom. The number of amides is 1. The lowest BCUT2D eigenvalue weighted by atomic mass is 9.87. The van der Waals surface area contributed by atoms with E-state index in [4.69, 9.17) is 0 Å². The maximum atomic E-state index is 12.6. The fourth-order valence-electron chi connectivity index (χ4n) is 2.22. The number of aromatic nitrogens is 2. The largest absolute Gasteiger partial charge is 0.363 e. The summed E-state index contributed by atoms with van der Waals surface area (Å²) in [7, 11) is 7.47. The van der Waals surface area contributed by atoms with Gasteiger partial charge in [-0.25, -0.2) is 4.98 Å². The molecule has 6 heteroatoms. The molecule has 0 unspecified atom stereocenters. The highest BCUT2D eigenvalue weighted by Crippen LogP contribution is 2.24. The second kappa shape index (κ2) is 7.09. The molecule has 0 atom stereocenters. The number of carbonyl (C=O) groups excluding carboxylic acids is 1. The molecule has 0 aliphatic heterocycles. The Labute approximate surface area is 149 Å². The van der Waals surface area contributed by atoms with Crippen LogP contribution in [0.2, 0.25) is 0 Å². The van der Waals surface area contributed by atoms with Crippen LogP contribution in [0.1, 0.15) is 36.8 Å². The second-order valence-electron chi connectivity index (χ2n) is 7.48. The number of nitrogens with zero attached hydrogens (tertiary/aromatic N) is 4. The third-order valence-corrected chi connectivity index (χ3v) is 3.80. The van der Waals surface area contributed by atoms with Gasteiger partial charge in [-0.3, -0.25) is 4.79 Å². The van der Waals surface area contributed by atoms with Crippen LogP contribution in [0.4, 0.5) is 17.5 Å². The molecule has 134 valence electrons. The molecule has 6 nitrogen and oxygen atoms in total. The Hall–Kier alpha value is -2.63. The number of carbonyl (C=O) groups is 1. The van der Waals surface area contributed by atoms with E-state index < -0.39 is 0 Å². The first-order valence-corrected chi connectivity index (χ1v) is 8.23. The lowest BCUT2D eigenvalue weighted by Crippen LogP contribution is -2.21. The van der Waals surface area contributed by atoms with Gasteiger partial charge in [-0.05, 0) is 23.1 Å². The van der Waals surface area contributed by atoms with Gasteiger partial charge in [0, 0.05) is 39.9 Å². The first-order valence-electron chi connectivity index (χ1n) is 8.23. The molecule has 1 heterocycles. The van der Waals surface area contributed by atoms with E-state index >= 15 is 0 Å². The topological polar surface area (TPSA) is 61.4 Å². The van der Waals surface area contributed by atoms with Crippen molar-refractivity contribution in [1.29, 1.82) is 0 Å². The predicted octanol–water partition coefficient (Wildman–Crippen LogP) is 3.16. The SMILES string of the molecule is CN(C)c1cc(C(=O)Nc2ccc(C(C)(C)C)cc2)nc(N(C)C)n1. The molecule has 2 aromatic rings. The minimum absolute atomic E-state index is 0.0798. The molecule has 0 aliphatic rings. The van der Waals surface area contributed by atoms with Crippen LogP contribution < -0.4 is 15.1 Å². The van der Waals surface area contributed by atoms with Gasteiger partial charge in [0.1, 0.15) is 11.5 Å². The maximum Gasteiger partial charge on any atom is 0.274 e. The van der Waals surface area contributed by atoms with Gasteiger partial charge in [-0.1, -0.05) is 32.9 Å². The first-order chi connectivity index (χ1) is 11.6. The summed E-state index contributed by atoms with van der Waals surface area (Å²) >= 11 is 0. The second-order valence-corrected chi connectivity index (χ2v) is 7.48. The highest BCUT2D eigenvalue weighted by atomic mass is 16.1. The lowest BCUT2D eigenvalue weighted by molar-refractivity contribution is 0.102. The van der Waals surface area contributed by atoms with Gasteiger partial charge in [-0.15, -0.1) is 0 Å². The third kappa shape index (κ3) is 4.68. The summed E-state index contributed by atoms with van der Waals surface area (Å²) in [4.78, 5) is 25.0. The summed E-state index contributed by atoms with van der Waals surface area (Å²) in [6.07, 6.45) is 0. The van der Waals surface area contributed by atoms with E-state index in [0.717, 1.165) is 5.69 Å². The van der Waals surface area contributed by atoms with Crippen molar-refractivity contribution in [2.45, 2.75) is 26.2 Å². The minimum atomic E-state index is -0.253. The Morgan fingerprint density at radius 1 is 0.960 bits per heavy atom. The fourth-order valence-corrected chi connectivity index (χ4v) is 2.22. The van der Waals surface area contributed by atoms with Crippen LogP contribution in [0.5, 0.6) is 0 Å². The van der Waals surface area contributed by atoms with E-state index in [1.165, 1.54) is 5.56 Å². The normalized spacial score (nSPS) is 11.2. The zero-order valence-electron chi connectivity index (χ0n) is 16.1. The zero-order valence-corrected chi connectivity index (χ0v) is 16.1. The van der Waals surface area contributed by atoms with Crippen molar-refractivity contribution in [3.8, 4) is 0 Å². The molecule has 25 heavy (non-hydrogen) atoms. The lowest BCUT2D eigenvalue weighted by Gasteiger charge is -2.19. The Morgan fingerprint density at radius 2 is 1.56 bits per heavy atom. The predicted molar refractivity (Wildman–Crippen MR) is 104 cm³/mol. The highest BCUT2D eigenvalue weighted by Gasteiger charge is 2.16. The molecule has 0 radical (unpaired) electrons. The molecule has 1 amide bonds. The fraction of sp³-hybridized carbons (Fsp3) is 0.421. The molecular weight excluding hydrogens is 314 g/mol. The molecule has 0 fully saturated rings. The van der Waals surface area contributed by atoms with Crippen molar-refractivity contribution < 1.29 is 4.79 Å². The molecule has 0 bridgehead atoms. The Bertz CT molecular complexity index is 719. The van der Waals surface area contributed by atoms with Gasteiger partial charge >= 0.3 is 0 Å². The van der Waals surface area contributed by atoms with Gasteiger partial charge in [0.25, 0.3) is 5.91 Å². The van der Waals surface area contributed by atoms with Crippen LogP contribution in [0.3, 0.4) is 0 Å². The minimum Gasteiger partial charge on any atom is -0.363 e. The van der Waals surface area contributed by atoms with E-state index in [2.05, 4.69) is 36.1 Å². The van der Waals surface area contributed by atoms with E-state index in [1.807, 2.05) is 57.4 Å². The van der Waals surface area contributed by atoms with Crippen molar-refractivity contribution >= 4 is 23.4 Å². The molecule has 1 N–H and O–H groups in total. The average Bonchev–Trinajstić information content (AvgIpc) is 2.53. The Balaban J connectivity index is 2.25. The zero-order chi connectivity index (χ0) is 18.8. The maximum absolute atomic E-state index is 12.6. The number of benzene rings is 1. The summed E-state index contributed by atoms with van der Waals surface area (Å²) < 4.78 is 0. The van der Waals surface area contributed by atoms with Gasteiger partial charge < -0.3 is 15.1 Å². The van der Waals surface area contributed by atoms with E-state index in [9.17, 15) is 4.79 Å². The summed E-state index contributed by atoms with van der Waals surface area (Å²) in [5.74, 6) is 0.934.